The van der Waals surface area contributed by atoms with Crippen molar-refractivity contribution in [1.82, 2.24) is 0 Å². The maximum absolute atomic E-state index is 10.8. The lowest BCUT2D eigenvalue weighted by Crippen LogP contribution is -2.21. The molecule has 5 heteroatoms. The smallest absolute Gasteiger partial charge is 0.315 e. The van der Waals surface area contributed by atoms with Gasteiger partial charge in [-0.25, -0.2) is 0 Å². The van der Waals surface area contributed by atoms with Crippen LogP contribution >= 0.6 is 11.8 Å². The van der Waals surface area contributed by atoms with Crippen molar-refractivity contribution in [2.75, 3.05) is 25.2 Å². The summed E-state index contributed by atoms with van der Waals surface area (Å²) in [4.78, 5) is 10.8. The molecule has 0 aliphatic rings. The van der Waals surface area contributed by atoms with Gasteiger partial charge in [-0.15, -0.1) is 11.8 Å². The molecule has 1 atom stereocenters. The first kappa shape index (κ1) is 13.9. The van der Waals surface area contributed by atoms with Gasteiger partial charge in [-0.05, 0) is 12.1 Å². The normalized spacial score (nSPS) is 11.9. The Labute approximate surface area is 105 Å². The van der Waals surface area contributed by atoms with Gasteiger partial charge in [0.25, 0.3) is 0 Å². The first-order valence-electron chi connectivity index (χ1n) is 5.23. The van der Waals surface area contributed by atoms with Crippen LogP contribution in [0.2, 0.25) is 0 Å². The van der Waals surface area contributed by atoms with E-state index >= 15 is 0 Å². The second-order valence-corrected chi connectivity index (χ2v) is 4.40. The molecule has 1 aromatic rings. The van der Waals surface area contributed by atoms with Gasteiger partial charge in [0.2, 0.25) is 0 Å². The zero-order chi connectivity index (χ0) is 12.5. The molecule has 0 spiro atoms. The molecule has 0 aliphatic heterocycles. The zero-order valence-corrected chi connectivity index (χ0v) is 10.5. The number of rotatable bonds is 7. The molecular formula is C12H16O4S. The van der Waals surface area contributed by atoms with Gasteiger partial charge in [0.15, 0.2) is 0 Å². The topological polar surface area (TPSA) is 55.8 Å². The number of carbonyl (C=O) groups excluding carboxylic acids is 1. The van der Waals surface area contributed by atoms with E-state index in [0.29, 0.717) is 5.75 Å². The number of aliphatic hydroxyl groups excluding tert-OH is 1. The van der Waals surface area contributed by atoms with Gasteiger partial charge < -0.3 is 14.6 Å². The molecule has 94 valence electrons. The minimum Gasteiger partial charge on any atom is -0.491 e. The minimum atomic E-state index is -0.593. The molecule has 0 radical (unpaired) electrons. The zero-order valence-electron chi connectivity index (χ0n) is 9.67. The second kappa shape index (κ2) is 7.97. The Morgan fingerprint density at radius 3 is 2.76 bits per heavy atom. The van der Waals surface area contributed by atoms with E-state index in [0.717, 1.165) is 5.75 Å². The minimum absolute atomic E-state index is 0.220. The molecule has 1 rings (SSSR count). The molecule has 0 amide bonds. The number of para-hydroxylation sites is 1. The predicted octanol–water partition coefficient (Wildman–Crippen LogP) is 1.33. The van der Waals surface area contributed by atoms with Crippen LogP contribution in [0.5, 0.6) is 5.75 Å². The summed E-state index contributed by atoms with van der Waals surface area (Å²) in [6, 6.07) is 9.29. The van der Waals surface area contributed by atoms with E-state index in [-0.39, 0.29) is 18.3 Å². The van der Waals surface area contributed by atoms with Crippen LogP contribution < -0.4 is 4.74 Å². The number of hydrogen-bond acceptors (Lipinski definition) is 5. The van der Waals surface area contributed by atoms with Crippen LogP contribution in [0.1, 0.15) is 0 Å². The summed E-state index contributed by atoms with van der Waals surface area (Å²) in [6.45, 7) is 0.220. The molecule has 4 nitrogen and oxygen atoms in total. The monoisotopic (exact) mass is 256 g/mol. The van der Waals surface area contributed by atoms with Gasteiger partial charge in [0.1, 0.15) is 12.4 Å². The molecule has 0 saturated heterocycles. The number of esters is 1. The van der Waals surface area contributed by atoms with E-state index in [9.17, 15) is 9.90 Å². The lowest BCUT2D eigenvalue weighted by Gasteiger charge is -2.11. The van der Waals surface area contributed by atoms with Crippen molar-refractivity contribution >= 4 is 17.7 Å². The van der Waals surface area contributed by atoms with E-state index < -0.39 is 6.10 Å². The Morgan fingerprint density at radius 2 is 2.12 bits per heavy atom. The first-order chi connectivity index (χ1) is 8.22. The van der Waals surface area contributed by atoms with Crippen LogP contribution in [-0.2, 0) is 9.53 Å². The fraction of sp³-hybridized carbons (Fsp3) is 0.417. The van der Waals surface area contributed by atoms with Crippen LogP contribution in [0.3, 0.4) is 0 Å². The summed E-state index contributed by atoms with van der Waals surface area (Å²) in [5, 5.41) is 9.60. The molecule has 0 saturated carbocycles. The molecule has 1 aromatic carbocycles. The van der Waals surface area contributed by atoms with Crippen molar-refractivity contribution in [3.8, 4) is 5.75 Å². The van der Waals surface area contributed by atoms with Crippen LogP contribution in [0.4, 0.5) is 0 Å². The molecule has 1 N–H and O–H groups in total. The first-order valence-corrected chi connectivity index (χ1v) is 6.38. The van der Waals surface area contributed by atoms with Gasteiger partial charge in [-0.2, -0.15) is 0 Å². The van der Waals surface area contributed by atoms with Crippen molar-refractivity contribution in [3.05, 3.63) is 30.3 Å². The lowest BCUT2D eigenvalue weighted by molar-refractivity contribution is -0.137. The summed E-state index contributed by atoms with van der Waals surface area (Å²) < 4.78 is 9.86. The summed E-state index contributed by atoms with van der Waals surface area (Å²) in [7, 11) is 1.35. The number of benzene rings is 1. The highest BCUT2D eigenvalue weighted by atomic mass is 32.2. The van der Waals surface area contributed by atoms with E-state index in [1.165, 1.54) is 18.9 Å². The van der Waals surface area contributed by atoms with Crippen LogP contribution in [0.15, 0.2) is 30.3 Å². The quantitative estimate of drug-likeness (QED) is 0.746. The van der Waals surface area contributed by atoms with Gasteiger partial charge in [0.05, 0.1) is 19.0 Å². The third-order valence-corrected chi connectivity index (χ3v) is 3.00. The molecule has 0 bridgehead atoms. The standard InChI is InChI=1S/C12H16O4S/c1-15-12(14)9-17-8-10(13)7-16-11-5-3-2-4-6-11/h2-6,10,13H,7-9H2,1H3. The Kier molecular flexibility index (Phi) is 6.50. The van der Waals surface area contributed by atoms with Gasteiger partial charge >= 0.3 is 5.97 Å². The number of methoxy groups -OCH3 is 1. The SMILES string of the molecule is COC(=O)CSCC(O)COc1ccccc1. The molecule has 0 aliphatic carbocycles. The van der Waals surface area contributed by atoms with Crippen molar-refractivity contribution < 1.29 is 19.4 Å². The number of hydrogen-bond donors (Lipinski definition) is 1. The van der Waals surface area contributed by atoms with Crippen molar-refractivity contribution in [2.24, 2.45) is 0 Å². The molecule has 0 heterocycles. The second-order valence-electron chi connectivity index (χ2n) is 3.37. The summed E-state index contributed by atoms with van der Waals surface area (Å²) in [5.41, 5.74) is 0. The Balaban J connectivity index is 2.13. The number of carbonyl (C=O) groups is 1. The molecule has 17 heavy (non-hydrogen) atoms. The Morgan fingerprint density at radius 1 is 1.41 bits per heavy atom. The summed E-state index contributed by atoms with van der Waals surface area (Å²) in [5.74, 6) is 1.14. The fourth-order valence-electron chi connectivity index (χ4n) is 1.09. The lowest BCUT2D eigenvalue weighted by atomic mass is 10.3. The molecule has 1 unspecified atom stereocenters. The fourth-order valence-corrected chi connectivity index (χ4v) is 1.87. The van der Waals surface area contributed by atoms with Gasteiger partial charge in [-0.1, -0.05) is 18.2 Å². The highest BCUT2D eigenvalue weighted by molar-refractivity contribution is 7.99. The van der Waals surface area contributed by atoms with Crippen LogP contribution in [0.25, 0.3) is 0 Å². The van der Waals surface area contributed by atoms with E-state index in [2.05, 4.69) is 4.74 Å². The summed E-state index contributed by atoms with van der Waals surface area (Å²) >= 11 is 1.32. The highest BCUT2D eigenvalue weighted by Crippen LogP contribution is 2.10. The van der Waals surface area contributed by atoms with Crippen molar-refractivity contribution in [1.29, 1.82) is 0 Å². The average Bonchev–Trinajstić information content (AvgIpc) is 2.37. The Bertz CT molecular complexity index is 329. The van der Waals surface area contributed by atoms with Crippen LogP contribution in [-0.4, -0.2) is 42.4 Å². The maximum Gasteiger partial charge on any atom is 0.315 e. The Hall–Kier alpha value is -1.20. The summed E-state index contributed by atoms with van der Waals surface area (Å²) in [6.07, 6.45) is -0.593. The van der Waals surface area contributed by atoms with Crippen molar-refractivity contribution in [3.63, 3.8) is 0 Å². The van der Waals surface area contributed by atoms with E-state index in [4.69, 9.17) is 4.74 Å². The average molecular weight is 256 g/mol. The predicted molar refractivity (Wildman–Crippen MR) is 67.3 cm³/mol. The number of thioether (sulfide) groups is 1. The van der Waals surface area contributed by atoms with E-state index in [1.807, 2.05) is 30.3 Å². The van der Waals surface area contributed by atoms with Gasteiger partial charge in [0, 0.05) is 5.75 Å². The molecule has 0 fully saturated rings. The maximum atomic E-state index is 10.8. The van der Waals surface area contributed by atoms with Crippen molar-refractivity contribution in [2.45, 2.75) is 6.10 Å². The van der Waals surface area contributed by atoms with Gasteiger partial charge in [-0.3, -0.25) is 4.79 Å². The van der Waals surface area contributed by atoms with Crippen LogP contribution in [0, 0.1) is 0 Å². The highest BCUT2D eigenvalue weighted by Gasteiger charge is 2.07. The third-order valence-electron chi connectivity index (χ3n) is 1.94. The number of ether oxygens (including phenoxy) is 2. The number of aliphatic hydroxyl groups is 1. The molecular weight excluding hydrogens is 240 g/mol. The van der Waals surface area contributed by atoms with E-state index in [1.54, 1.807) is 0 Å². The molecule has 0 aromatic heterocycles. The largest absolute Gasteiger partial charge is 0.491 e. The third kappa shape index (κ3) is 6.19.